The molecule has 0 bridgehead atoms. The molecule has 1 amide bonds. The molecule has 130 valence electrons. The van der Waals surface area contributed by atoms with Crippen molar-refractivity contribution in [3.05, 3.63) is 40.6 Å². The van der Waals surface area contributed by atoms with Crippen molar-refractivity contribution in [3.63, 3.8) is 0 Å². The number of amides is 1. The molecule has 0 radical (unpaired) electrons. The lowest BCUT2D eigenvalue weighted by molar-refractivity contribution is -0.133. The minimum atomic E-state index is 0.187. The van der Waals surface area contributed by atoms with Gasteiger partial charge in [-0.15, -0.1) is 0 Å². The molecule has 6 heteroatoms. The van der Waals surface area contributed by atoms with Crippen LogP contribution in [0.4, 0.5) is 0 Å². The first-order valence-corrected chi connectivity index (χ1v) is 9.61. The largest absolute Gasteiger partial charge is 0.376 e. The van der Waals surface area contributed by atoms with E-state index < -0.39 is 0 Å². The van der Waals surface area contributed by atoms with Crippen LogP contribution in [-0.2, 0) is 29.0 Å². The van der Waals surface area contributed by atoms with Gasteiger partial charge in [0.2, 0.25) is 5.91 Å². The molecule has 3 rings (SSSR count). The van der Waals surface area contributed by atoms with E-state index in [9.17, 15) is 4.79 Å². The van der Waals surface area contributed by atoms with E-state index in [1.807, 2.05) is 11.1 Å². The van der Waals surface area contributed by atoms with Gasteiger partial charge in [0.15, 0.2) is 0 Å². The molecule has 0 N–H and O–H groups in total. The van der Waals surface area contributed by atoms with Crippen LogP contribution < -0.4 is 0 Å². The standard InChI is InChI=1S/C18H25N3O2S/c1-2-17-19-7-9-20(17)8-5-18(22)21(12-15-6-11-24-14-15)13-16-4-3-10-23-16/h6-7,9,11,14,16H,2-5,8,10,12-13H2,1H3. The van der Waals surface area contributed by atoms with Crippen LogP contribution in [0.2, 0.25) is 0 Å². The lowest BCUT2D eigenvalue weighted by Crippen LogP contribution is -2.37. The number of aromatic nitrogens is 2. The third kappa shape index (κ3) is 4.45. The van der Waals surface area contributed by atoms with Gasteiger partial charge in [0.1, 0.15) is 5.82 Å². The number of hydrogen-bond donors (Lipinski definition) is 0. The van der Waals surface area contributed by atoms with Gasteiger partial charge in [0.05, 0.1) is 6.10 Å². The van der Waals surface area contributed by atoms with Crippen LogP contribution in [0.5, 0.6) is 0 Å². The fraction of sp³-hybridized carbons (Fsp3) is 0.556. The monoisotopic (exact) mass is 347 g/mol. The van der Waals surface area contributed by atoms with Gasteiger partial charge in [0.25, 0.3) is 0 Å². The van der Waals surface area contributed by atoms with Gasteiger partial charge in [-0.25, -0.2) is 4.98 Å². The van der Waals surface area contributed by atoms with Crippen molar-refractivity contribution in [1.29, 1.82) is 0 Å². The Morgan fingerprint density at radius 1 is 1.54 bits per heavy atom. The number of carbonyl (C=O) groups is 1. The summed E-state index contributed by atoms with van der Waals surface area (Å²) in [5.74, 6) is 1.22. The molecule has 2 aromatic heterocycles. The van der Waals surface area contributed by atoms with Gasteiger partial charge in [-0.1, -0.05) is 6.92 Å². The zero-order valence-corrected chi connectivity index (χ0v) is 15.0. The highest BCUT2D eigenvalue weighted by Crippen LogP contribution is 2.17. The van der Waals surface area contributed by atoms with Crippen LogP contribution in [0.15, 0.2) is 29.2 Å². The second kappa shape index (κ2) is 8.44. The predicted octanol–water partition coefficient (Wildman–Crippen LogP) is 3.10. The summed E-state index contributed by atoms with van der Waals surface area (Å²) in [5.41, 5.74) is 1.20. The maximum Gasteiger partial charge on any atom is 0.224 e. The number of nitrogens with zero attached hydrogens (tertiary/aromatic N) is 3. The fourth-order valence-electron chi connectivity index (χ4n) is 3.12. The Kier molecular flexibility index (Phi) is 6.04. The molecule has 1 saturated heterocycles. The van der Waals surface area contributed by atoms with E-state index in [4.69, 9.17) is 4.74 Å². The first-order valence-electron chi connectivity index (χ1n) is 8.66. The van der Waals surface area contributed by atoms with Crippen molar-refractivity contribution in [1.82, 2.24) is 14.5 Å². The number of aryl methyl sites for hydroxylation is 2. The van der Waals surface area contributed by atoms with Crippen LogP contribution in [0.3, 0.4) is 0 Å². The second-order valence-corrected chi connectivity index (χ2v) is 6.96. The van der Waals surface area contributed by atoms with Gasteiger partial charge < -0.3 is 14.2 Å². The average Bonchev–Trinajstić information content (AvgIpc) is 3.34. The zero-order chi connectivity index (χ0) is 16.8. The van der Waals surface area contributed by atoms with E-state index in [1.165, 1.54) is 5.56 Å². The molecule has 0 saturated carbocycles. The highest BCUT2D eigenvalue weighted by atomic mass is 32.1. The Morgan fingerprint density at radius 3 is 3.17 bits per heavy atom. The zero-order valence-electron chi connectivity index (χ0n) is 14.2. The molecule has 1 atom stereocenters. The summed E-state index contributed by atoms with van der Waals surface area (Å²) in [5, 5.41) is 4.17. The van der Waals surface area contributed by atoms with E-state index in [0.29, 0.717) is 26.1 Å². The summed E-state index contributed by atoms with van der Waals surface area (Å²) < 4.78 is 7.81. The lowest BCUT2D eigenvalue weighted by atomic mass is 10.2. The van der Waals surface area contributed by atoms with E-state index >= 15 is 0 Å². The summed E-state index contributed by atoms with van der Waals surface area (Å²) in [6.45, 7) is 4.96. The molecule has 1 aliphatic rings. The van der Waals surface area contributed by atoms with E-state index in [2.05, 4.69) is 33.3 Å². The molecule has 0 spiro atoms. The van der Waals surface area contributed by atoms with Gasteiger partial charge >= 0.3 is 0 Å². The predicted molar refractivity (Wildman–Crippen MR) is 94.9 cm³/mol. The van der Waals surface area contributed by atoms with Crippen LogP contribution in [0, 0.1) is 0 Å². The summed E-state index contributed by atoms with van der Waals surface area (Å²) in [4.78, 5) is 19.1. The molecule has 0 aliphatic carbocycles. The molecule has 24 heavy (non-hydrogen) atoms. The third-order valence-electron chi connectivity index (χ3n) is 4.44. The summed E-state index contributed by atoms with van der Waals surface area (Å²) in [7, 11) is 0. The molecule has 1 fully saturated rings. The topological polar surface area (TPSA) is 47.4 Å². The minimum Gasteiger partial charge on any atom is -0.376 e. The lowest BCUT2D eigenvalue weighted by Gasteiger charge is -2.25. The third-order valence-corrected chi connectivity index (χ3v) is 5.17. The molecule has 5 nitrogen and oxygen atoms in total. The minimum absolute atomic E-state index is 0.187. The normalized spacial score (nSPS) is 17.3. The van der Waals surface area contributed by atoms with E-state index in [0.717, 1.165) is 31.7 Å². The molecule has 0 aromatic carbocycles. The average molecular weight is 347 g/mol. The second-order valence-electron chi connectivity index (χ2n) is 6.18. The number of thiophene rings is 1. The Morgan fingerprint density at radius 2 is 2.46 bits per heavy atom. The summed E-state index contributed by atoms with van der Waals surface area (Å²) in [6.07, 6.45) is 7.48. The fourth-order valence-corrected chi connectivity index (χ4v) is 3.78. The molecule has 2 aromatic rings. The molecular formula is C18H25N3O2S. The van der Waals surface area contributed by atoms with Crippen molar-refractivity contribution < 1.29 is 9.53 Å². The molecule has 1 unspecified atom stereocenters. The van der Waals surface area contributed by atoms with Crippen molar-refractivity contribution in [2.24, 2.45) is 0 Å². The van der Waals surface area contributed by atoms with E-state index in [1.54, 1.807) is 17.5 Å². The Labute approximate surface area is 147 Å². The van der Waals surface area contributed by atoms with Crippen LogP contribution in [0.1, 0.15) is 37.6 Å². The maximum absolute atomic E-state index is 12.8. The first-order chi connectivity index (χ1) is 11.8. The number of rotatable bonds is 8. The highest BCUT2D eigenvalue weighted by Gasteiger charge is 2.23. The van der Waals surface area contributed by atoms with Gasteiger partial charge in [-0.05, 0) is 35.2 Å². The first kappa shape index (κ1) is 17.2. The van der Waals surface area contributed by atoms with Gasteiger partial charge in [0, 0.05) is 51.5 Å². The van der Waals surface area contributed by atoms with Gasteiger partial charge in [-0.2, -0.15) is 11.3 Å². The number of hydrogen-bond acceptors (Lipinski definition) is 4. The summed E-state index contributed by atoms with van der Waals surface area (Å²) >= 11 is 1.67. The SMILES string of the molecule is CCc1nccn1CCC(=O)N(Cc1ccsc1)CC1CCCO1. The molecule has 1 aliphatic heterocycles. The maximum atomic E-state index is 12.8. The van der Waals surface area contributed by atoms with Gasteiger partial charge in [-0.3, -0.25) is 4.79 Å². The van der Waals surface area contributed by atoms with Crippen molar-refractivity contribution in [3.8, 4) is 0 Å². The molecular weight excluding hydrogens is 322 g/mol. The number of imidazole rings is 1. The Balaban J connectivity index is 1.61. The Bertz CT molecular complexity index is 632. The van der Waals surface area contributed by atoms with Crippen LogP contribution >= 0.6 is 11.3 Å². The van der Waals surface area contributed by atoms with Crippen molar-refractivity contribution >= 4 is 17.2 Å². The van der Waals surface area contributed by atoms with Crippen molar-refractivity contribution in [2.75, 3.05) is 13.2 Å². The van der Waals surface area contributed by atoms with Crippen LogP contribution in [-0.4, -0.2) is 39.6 Å². The Hall–Kier alpha value is -1.66. The molecule has 3 heterocycles. The highest BCUT2D eigenvalue weighted by molar-refractivity contribution is 7.07. The van der Waals surface area contributed by atoms with Crippen LogP contribution in [0.25, 0.3) is 0 Å². The quantitative estimate of drug-likeness (QED) is 0.737. The van der Waals surface area contributed by atoms with Crippen molar-refractivity contribution in [2.45, 2.75) is 51.8 Å². The van der Waals surface area contributed by atoms with E-state index in [-0.39, 0.29) is 12.0 Å². The summed E-state index contributed by atoms with van der Waals surface area (Å²) in [6, 6.07) is 2.09. The number of ether oxygens (including phenoxy) is 1. The number of carbonyl (C=O) groups excluding carboxylic acids is 1. The smallest absolute Gasteiger partial charge is 0.224 e.